The minimum absolute atomic E-state index is 0.0202. The summed E-state index contributed by atoms with van der Waals surface area (Å²) >= 11 is 3.51. The van der Waals surface area contributed by atoms with Crippen LogP contribution in [-0.2, 0) is 0 Å². The molecule has 17 heavy (non-hydrogen) atoms. The summed E-state index contributed by atoms with van der Waals surface area (Å²) < 4.78 is 2.86. The maximum absolute atomic E-state index is 11.5. The van der Waals surface area contributed by atoms with Crippen LogP contribution >= 0.6 is 15.9 Å². The Kier molecular flexibility index (Phi) is 2.26. The van der Waals surface area contributed by atoms with Crippen molar-refractivity contribution in [1.29, 1.82) is 0 Å². The molecular weight excluding hydrogens is 280 g/mol. The minimum Gasteiger partial charge on any atom is -0.297 e. The Morgan fingerprint density at radius 2 is 2.12 bits per heavy atom. The number of carbonyl (C=O) groups is 1. The van der Waals surface area contributed by atoms with E-state index in [4.69, 9.17) is 0 Å². The van der Waals surface area contributed by atoms with Gasteiger partial charge in [0.05, 0.1) is 6.20 Å². The average Bonchev–Trinajstić information content (AvgIpc) is 2.73. The van der Waals surface area contributed by atoms with Gasteiger partial charge in [0, 0.05) is 28.4 Å². The van der Waals surface area contributed by atoms with Gasteiger partial charge in [-0.05, 0) is 12.1 Å². The third kappa shape index (κ3) is 1.48. The molecule has 0 saturated carbocycles. The van der Waals surface area contributed by atoms with Gasteiger partial charge < -0.3 is 0 Å². The van der Waals surface area contributed by atoms with Crippen molar-refractivity contribution in [2.45, 2.75) is 6.92 Å². The van der Waals surface area contributed by atoms with E-state index in [1.807, 2.05) is 34.9 Å². The zero-order chi connectivity index (χ0) is 12.0. The van der Waals surface area contributed by atoms with Crippen LogP contribution in [0.5, 0.6) is 0 Å². The third-order valence-electron chi connectivity index (χ3n) is 2.84. The standard InChI is InChI=1S/C13H9BrN2O/c1-8(17)12-7-15-13-10-3-2-4-11(14)9(10)5-6-16(12)13/h2-7H,1H3. The smallest absolute Gasteiger partial charge is 0.178 e. The van der Waals surface area contributed by atoms with E-state index in [1.165, 1.54) is 0 Å². The van der Waals surface area contributed by atoms with Crippen molar-refractivity contribution in [3.8, 4) is 0 Å². The maximum atomic E-state index is 11.5. The average molecular weight is 289 g/mol. The molecule has 0 fully saturated rings. The van der Waals surface area contributed by atoms with Crippen LogP contribution in [0.3, 0.4) is 0 Å². The van der Waals surface area contributed by atoms with Crippen LogP contribution in [0.15, 0.2) is 41.1 Å². The van der Waals surface area contributed by atoms with Crippen molar-refractivity contribution in [2.24, 2.45) is 0 Å². The van der Waals surface area contributed by atoms with Crippen molar-refractivity contribution in [3.63, 3.8) is 0 Å². The van der Waals surface area contributed by atoms with Crippen LogP contribution in [0.2, 0.25) is 0 Å². The first kappa shape index (κ1) is 10.5. The molecule has 0 atom stereocenters. The molecule has 0 N–H and O–H groups in total. The van der Waals surface area contributed by atoms with E-state index >= 15 is 0 Å². The Hall–Kier alpha value is -1.68. The zero-order valence-corrected chi connectivity index (χ0v) is 10.7. The van der Waals surface area contributed by atoms with Crippen molar-refractivity contribution in [1.82, 2.24) is 9.38 Å². The van der Waals surface area contributed by atoms with Crippen LogP contribution in [0.1, 0.15) is 17.4 Å². The Balaban J connectivity index is 2.50. The Labute approximate surface area is 106 Å². The highest BCUT2D eigenvalue weighted by atomic mass is 79.9. The molecule has 3 nitrogen and oxygen atoms in total. The molecule has 3 rings (SSSR count). The summed E-state index contributed by atoms with van der Waals surface area (Å²) in [6.07, 6.45) is 3.50. The summed E-state index contributed by atoms with van der Waals surface area (Å²) in [5.74, 6) is 0.0202. The predicted molar refractivity (Wildman–Crippen MR) is 70.4 cm³/mol. The topological polar surface area (TPSA) is 34.4 Å². The van der Waals surface area contributed by atoms with E-state index in [-0.39, 0.29) is 5.78 Å². The van der Waals surface area contributed by atoms with Gasteiger partial charge >= 0.3 is 0 Å². The monoisotopic (exact) mass is 288 g/mol. The van der Waals surface area contributed by atoms with Crippen molar-refractivity contribution < 1.29 is 4.79 Å². The summed E-state index contributed by atoms with van der Waals surface area (Å²) in [4.78, 5) is 15.8. The predicted octanol–water partition coefficient (Wildman–Crippen LogP) is 3.45. The summed E-state index contributed by atoms with van der Waals surface area (Å²) in [5.41, 5.74) is 1.43. The first-order valence-electron chi connectivity index (χ1n) is 5.24. The second kappa shape index (κ2) is 3.67. The first-order chi connectivity index (χ1) is 8.18. The summed E-state index contributed by atoms with van der Waals surface area (Å²) in [5, 5.41) is 2.13. The number of hydrogen-bond donors (Lipinski definition) is 0. The zero-order valence-electron chi connectivity index (χ0n) is 9.14. The van der Waals surface area contributed by atoms with Gasteiger partial charge in [-0.3, -0.25) is 9.20 Å². The molecule has 0 aliphatic heterocycles. The van der Waals surface area contributed by atoms with E-state index in [0.717, 1.165) is 20.9 Å². The van der Waals surface area contributed by atoms with Gasteiger partial charge in [0.2, 0.25) is 0 Å². The molecule has 2 aromatic heterocycles. The lowest BCUT2D eigenvalue weighted by molar-refractivity contribution is 0.101. The molecule has 0 spiro atoms. The summed E-state index contributed by atoms with van der Waals surface area (Å²) in [6.45, 7) is 1.55. The molecule has 0 saturated heterocycles. The number of fused-ring (bicyclic) bond motifs is 3. The number of nitrogens with zero attached hydrogens (tertiary/aromatic N) is 2. The number of hydrogen-bond acceptors (Lipinski definition) is 2. The summed E-state index contributed by atoms with van der Waals surface area (Å²) in [6, 6.07) is 7.95. The van der Waals surface area contributed by atoms with Crippen LogP contribution < -0.4 is 0 Å². The van der Waals surface area contributed by atoms with E-state index in [9.17, 15) is 4.79 Å². The number of benzene rings is 1. The van der Waals surface area contributed by atoms with Crippen molar-refractivity contribution in [2.75, 3.05) is 0 Å². The lowest BCUT2D eigenvalue weighted by atomic mass is 10.2. The highest BCUT2D eigenvalue weighted by molar-refractivity contribution is 9.10. The van der Waals surface area contributed by atoms with Gasteiger partial charge in [0.1, 0.15) is 11.3 Å². The quantitative estimate of drug-likeness (QED) is 0.643. The fraction of sp³-hybridized carbons (Fsp3) is 0.0769. The SMILES string of the molecule is CC(=O)c1cnc2c3cccc(Br)c3ccn12. The number of aromatic nitrogens is 2. The number of rotatable bonds is 1. The van der Waals surface area contributed by atoms with Crippen LogP contribution in [0.4, 0.5) is 0 Å². The Morgan fingerprint density at radius 3 is 2.88 bits per heavy atom. The van der Waals surface area contributed by atoms with Crippen LogP contribution in [0, 0.1) is 0 Å². The van der Waals surface area contributed by atoms with E-state index in [0.29, 0.717) is 5.69 Å². The van der Waals surface area contributed by atoms with Crippen LogP contribution in [-0.4, -0.2) is 15.2 Å². The third-order valence-corrected chi connectivity index (χ3v) is 3.53. The molecule has 3 aromatic rings. The molecule has 0 radical (unpaired) electrons. The van der Waals surface area contributed by atoms with Gasteiger partial charge in [-0.25, -0.2) is 4.98 Å². The second-order valence-electron chi connectivity index (χ2n) is 3.91. The molecule has 0 aliphatic carbocycles. The van der Waals surface area contributed by atoms with E-state index < -0.39 is 0 Å². The molecule has 0 amide bonds. The molecule has 84 valence electrons. The first-order valence-corrected chi connectivity index (χ1v) is 6.03. The van der Waals surface area contributed by atoms with Gasteiger partial charge in [-0.2, -0.15) is 0 Å². The largest absolute Gasteiger partial charge is 0.297 e. The van der Waals surface area contributed by atoms with E-state index in [1.54, 1.807) is 13.1 Å². The molecule has 0 aliphatic rings. The second-order valence-corrected chi connectivity index (χ2v) is 4.76. The van der Waals surface area contributed by atoms with Gasteiger partial charge in [0.15, 0.2) is 5.78 Å². The number of carbonyl (C=O) groups excluding carboxylic acids is 1. The van der Waals surface area contributed by atoms with Crippen LogP contribution in [0.25, 0.3) is 16.4 Å². The Morgan fingerprint density at radius 1 is 1.29 bits per heavy atom. The normalized spacial score (nSPS) is 11.2. The number of imidazole rings is 1. The van der Waals surface area contributed by atoms with Gasteiger partial charge in [0.25, 0.3) is 0 Å². The Bertz CT molecular complexity index is 746. The maximum Gasteiger partial charge on any atom is 0.178 e. The van der Waals surface area contributed by atoms with Gasteiger partial charge in [-0.15, -0.1) is 0 Å². The molecule has 0 bridgehead atoms. The van der Waals surface area contributed by atoms with Crippen molar-refractivity contribution >= 4 is 38.1 Å². The molecule has 2 heterocycles. The minimum atomic E-state index is 0.0202. The number of Topliss-reactive ketones (excluding diaryl/α,β-unsaturated/α-hetero) is 1. The highest BCUT2D eigenvalue weighted by Gasteiger charge is 2.10. The molecule has 0 unspecified atom stereocenters. The lowest BCUT2D eigenvalue weighted by Gasteiger charge is -2.03. The molecule has 1 aromatic carbocycles. The molecule has 4 heteroatoms. The number of ketones is 1. The lowest BCUT2D eigenvalue weighted by Crippen LogP contribution is -1.98. The molecular formula is C13H9BrN2O. The van der Waals surface area contributed by atoms with E-state index in [2.05, 4.69) is 20.9 Å². The van der Waals surface area contributed by atoms with Crippen molar-refractivity contribution in [3.05, 3.63) is 46.8 Å². The number of halogens is 1. The van der Waals surface area contributed by atoms with Gasteiger partial charge in [-0.1, -0.05) is 28.1 Å². The summed E-state index contributed by atoms with van der Waals surface area (Å²) in [7, 11) is 0. The number of pyridine rings is 1. The fourth-order valence-corrected chi connectivity index (χ4v) is 2.52. The fourth-order valence-electron chi connectivity index (χ4n) is 2.02. The highest BCUT2D eigenvalue weighted by Crippen LogP contribution is 2.26.